The number of benzene rings is 2. The Kier molecular flexibility index (Phi) is 4.78. The highest BCUT2D eigenvalue weighted by Crippen LogP contribution is 2.37. The van der Waals surface area contributed by atoms with Crippen LogP contribution in [0, 0.1) is 6.92 Å². The monoisotopic (exact) mass is 475 g/mol. The lowest BCUT2D eigenvalue weighted by Gasteiger charge is -2.16. The number of hydrogen-bond donors (Lipinski definition) is 0. The lowest BCUT2D eigenvalue weighted by molar-refractivity contribution is -0.117. The number of thiophene rings is 1. The number of aromatic nitrogens is 4. The number of fused-ring (bicyclic) bond motifs is 1. The maximum absolute atomic E-state index is 12.6. The zero-order valence-corrected chi connectivity index (χ0v) is 19.2. The summed E-state index contributed by atoms with van der Waals surface area (Å²) in [6.45, 7) is 2.48. The van der Waals surface area contributed by atoms with Gasteiger partial charge in [-0.25, -0.2) is 4.68 Å². The Balaban J connectivity index is 1.29. The van der Waals surface area contributed by atoms with Gasteiger partial charge in [0.25, 0.3) is 0 Å². The van der Waals surface area contributed by atoms with Crippen LogP contribution in [0.25, 0.3) is 26.6 Å². The van der Waals surface area contributed by atoms with E-state index in [1.54, 1.807) is 28.4 Å². The maximum Gasteiger partial charge on any atom is 0.232 e. The summed E-state index contributed by atoms with van der Waals surface area (Å²) in [4.78, 5) is 20.9. The van der Waals surface area contributed by atoms with Crippen molar-refractivity contribution in [3.8, 4) is 16.4 Å². The molecule has 1 aliphatic rings. The van der Waals surface area contributed by atoms with Crippen LogP contribution in [0.15, 0.2) is 65.2 Å². The topological polar surface area (TPSA) is 77.0 Å². The van der Waals surface area contributed by atoms with E-state index >= 15 is 0 Å². The third-order valence-electron chi connectivity index (χ3n) is 5.80. The van der Waals surface area contributed by atoms with E-state index in [1.807, 2.05) is 54.1 Å². The number of halogens is 1. The van der Waals surface area contributed by atoms with Crippen molar-refractivity contribution in [3.05, 3.63) is 77.3 Å². The van der Waals surface area contributed by atoms with Crippen molar-refractivity contribution in [2.24, 2.45) is 0 Å². The largest absolute Gasteiger partial charge is 0.339 e. The lowest BCUT2D eigenvalue weighted by Crippen LogP contribution is -2.24. The minimum absolute atomic E-state index is 0.0162. The van der Waals surface area contributed by atoms with Crippen molar-refractivity contribution in [1.29, 1.82) is 0 Å². The van der Waals surface area contributed by atoms with E-state index in [2.05, 4.69) is 21.3 Å². The van der Waals surface area contributed by atoms with Gasteiger partial charge in [0.2, 0.25) is 17.6 Å². The van der Waals surface area contributed by atoms with E-state index in [-0.39, 0.29) is 11.8 Å². The van der Waals surface area contributed by atoms with Gasteiger partial charge in [-0.05, 0) is 43.3 Å². The van der Waals surface area contributed by atoms with Gasteiger partial charge < -0.3 is 9.42 Å². The quantitative estimate of drug-likeness (QED) is 0.337. The van der Waals surface area contributed by atoms with Gasteiger partial charge in [-0.2, -0.15) is 10.1 Å². The molecule has 0 spiro atoms. The molecule has 0 saturated carbocycles. The summed E-state index contributed by atoms with van der Waals surface area (Å²) in [5.74, 6) is 0.858. The fourth-order valence-electron chi connectivity index (χ4n) is 4.17. The van der Waals surface area contributed by atoms with Crippen LogP contribution in [-0.2, 0) is 4.79 Å². The summed E-state index contributed by atoms with van der Waals surface area (Å²) >= 11 is 7.67. The van der Waals surface area contributed by atoms with Crippen LogP contribution in [0.5, 0.6) is 0 Å². The fourth-order valence-corrected chi connectivity index (χ4v) is 5.46. The number of para-hydroxylation sites is 1. The zero-order chi connectivity index (χ0) is 22.5. The van der Waals surface area contributed by atoms with E-state index in [0.717, 1.165) is 32.2 Å². The van der Waals surface area contributed by atoms with E-state index in [0.29, 0.717) is 29.7 Å². The second kappa shape index (κ2) is 7.83. The number of carbonyl (C=O) groups is 1. The maximum atomic E-state index is 12.6. The van der Waals surface area contributed by atoms with Crippen LogP contribution >= 0.6 is 22.9 Å². The molecule has 1 atom stereocenters. The van der Waals surface area contributed by atoms with Crippen molar-refractivity contribution in [1.82, 2.24) is 19.9 Å². The van der Waals surface area contributed by atoms with Gasteiger partial charge in [0.1, 0.15) is 4.83 Å². The van der Waals surface area contributed by atoms with Crippen molar-refractivity contribution in [3.63, 3.8) is 0 Å². The minimum Gasteiger partial charge on any atom is -0.339 e. The molecule has 164 valence electrons. The number of nitrogens with zero attached hydrogens (tertiary/aromatic N) is 5. The Hall–Kier alpha value is -3.49. The molecule has 0 radical (unpaired) electrons. The van der Waals surface area contributed by atoms with Gasteiger partial charge in [0, 0.05) is 29.1 Å². The minimum atomic E-state index is -0.159. The predicted molar refractivity (Wildman–Crippen MR) is 128 cm³/mol. The number of aryl methyl sites for hydroxylation is 1. The first kappa shape index (κ1) is 20.1. The molecule has 0 aliphatic carbocycles. The number of rotatable bonds is 4. The average molecular weight is 476 g/mol. The van der Waals surface area contributed by atoms with Crippen LogP contribution in [0.1, 0.15) is 23.9 Å². The summed E-state index contributed by atoms with van der Waals surface area (Å²) in [5.41, 5.74) is 2.72. The van der Waals surface area contributed by atoms with Crippen molar-refractivity contribution >= 4 is 44.7 Å². The Bertz CT molecular complexity index is 1490. The summed E-state index contributed by atoms with van der Waals surface area (Å²) in [6.07, 6.45) is 0.322. The molecule has 2 aromatic carbocycles. The summed E-state index contributed by atoms with van der Waals surface area (Å²) < 4.78 is 7.54. The fraction of sp³-hybridized carbons (Fsp3) is 0.167. The van der Waals surface area contributed by atoms with Crippen molar-refractivity contribution in [2.75, 3.05) is 11.4 Å². The van der Waals surface area contributed by atoms with Crippen LogP contribution in [0.3, 0.4) is 0 Å². The number of carbonyl (C=O) groups excluding carboxylic acids is 1. The standard InChI is InChI=1S/C24H18ClN5O2S/c1-14-19-12-20(33-24(19)30(27-14)17-7-3-2-4-8-17)22-26-23(32-28-22)15-10-21(31)29(13-15)18-9-5-6-16(25)11-18/h2-9,11-12,15H,10,13H2,1H3/t15-/m1/s1. The Morgan fingerprint density at radius 2 is 1.91 bits per heavy atom. The van der Waals surface area contributed by atoms with Crippen LogP contribution in [-0.4, -0.2) is 32.4 Å². The van der Waals surface area contributed by atoms with Gasteiger partial charge in [-0.1, -0.05) is 41.0 Å². The number of hydrogen-bond acceptors (Lipinski definition) is 6. The van der Waals surface area contributed by atoms with Crippen LogP contribution in [0.4, 0.5) is 5.69 Å². The Morgan fingerprint density at radius 3 is 2.73 bits per heavy atom. The highest BCUT2D eigenvalue weighted by molar-refractivity contribution is 7.21. The molecule has 3 aromatic heterocycles. The first-order chi connectivity index (χ1) is 16.1. The smallest absolute Gasteiger partial charge is 0.232 e. The second-order valence-corrected chi connectivity index (χ2v) is 9.47. The molecule has 9 heteroatoms. The number of anilines is 1. The van der Waals surface area contributed by atoms with Crippen molar-refractivity contribution in [2.45, 2.75) is 19.3 Å². The molecular weight excluding hydrogens is 458 g/mol. The third kappa shape index (κ3) is 3.51. The molecule has 1 aliphatic heterocycles. The molecule has 0 N–H and O–H groups in total. The first-order valence-corrected chi connectivity index (χ1v) is 11.7. The highest BCUT2D eigenvalue weighted by atomic mass is 35.5. The normalized spacial score (nSPS) is 16.2. The lowest BCUT2D eigenvalue weighted by atomic mass is 10.1. The van der Waals surface area contributed by atoms with Crippen LogP contribution < -0.4 is 4.90 Å². The van der Waals surface area contributed by atoms with E-state index in [4.69, 9.17) is 16.1 Å². The highest BCUT2D eigenvalue weighted by Gasteiger charge is 2.35. The molecule has 1 amide bonds. The molecule has 7 nitrogen and oxygen atoms in total. The van der Waals surface area contributed by atoms with Gasteiger partial charge in [0.15, 0.2) is 0 Å². The van der Waals surface area contributed by atoms with Crippen LogP contribution in [0.2, 0.25) is 5.02 Å². The van der Waals surface area contributed by atoms with Crippen molar-refractivity contribution < 1.29 is 9.32 Å². The van der Waals surface area contributed by atoms with E-state index < -0.39 is 0 Å². The molecule has 6 rings (SSSR count). The van der Waals surface area contributed by atoms with Gasteiger partial charge >= 0.3 is 0 Å². The second-order valence-electron chi connectivity index (χ2n) is 8.00. The molecule has 33 heavy (non-hydrogen) atoms. The predicted octanol–water partition coefficient (Wildman–Crippen LogP) is 5.62. The third-order valence-corrected chi connectivity index (χ3v) is 7.14. The Morgan fingerprint density at radius 1 is 1.09 bits per heavy atom. The summed E-state index contributed by atoms with van der Waals surface area (Å²) in [5, 5.41) is 10.6. The molecule has 0 bridgehead atoms. The molecule has 1 fully saturated rings. The van der Waals surface area contributed by atoms with Gasteiger partial charge in [-0.3, -0.25) is 4.79 Å². The SMILES string of the molecule is Cc1nn(-c2ccccc2)c2sc(-c3noc([C@@H]4CC(=O)N(c5cccc(Cl)c5)C4)n3)cc12. The van der Waals surface area contributed by atoms with Gasteiger partial charge in [-0.15, -0.1) is 11.3 Å². The molecule has 5 aromatic rings. The summed E-state index contributed by atoms with van der Waals surface area (Å²) in [6, 6.07) is 19.4. The van der Waals surface area contributed by atoms with Gasteiger partial charge in [0.05, 0.1) is 22.2 Å². The molecule has 4 heterocycles. The molecule has 0 unspecified atom stereocenters. The zero-order valence-electron chi connectivity index (χ0n) is 17.6. The first-order valence-electron chi connectivity index (χ1n) is 10.5. The van der Waals surface area contributed by atoms with E-state index in [1.165, 1.54) is 0 Å². The van der Waals surface area contributed by atoms with E-state index in [9.17, 15) is 4.79 Å². The summed E-state index contributed by atoms with van der Waals surface area (Å²) in [7, 11) is 0. The molecule has 1 saturated heterocycles. The molecular formula is C24H18ClN5O2S. The number of amides is 1. The average Bonchev–Trinajstić information content (AvgIpc) is 3.58. The Labute approximate surface area is 198 Å².